The molecule has 0 atom stereocenters. The normalized spacial score (nSPS) is 10.8. The van der Waals surface area contributed by atoms with Gasteiger partial charge in [-0.3, -0.25) is 14.9 Å². The molecule has 0 saturated carbocycles. The molecule has 106 valence electrons. The smallest absolute Gasteiger partial charge is 0.270 e. The van der Waals surface area contributed by atoms with Crippen molar-refractivity contribution >= 4 is 33.5 Å². The molecule has 0 radical (unpaired) electrons. The van der Waals surface area contributed by atoms with Gasteiger partial charge in [-0.25, -0.2) is 4.39 Å². The van der Waals surface area contributed by atoms with E-state index in [9.17, 15) is 19.3 Å². The molecule has 0 unspecified atom stereocenters. The third kappa shape index (κ3) is 3.82. The van der Waals surface area contributed by atoms with Crippen molar-refractivity contribution in [3.8, 4) is 0 Å². The highest BCUT2D eigenvalue weighted by Gasteiger charge is 2.09. The number of rotatable bonds is 4. The third-order valence-electron chi connectivity index (χ3n) is 2.72. The summed E-state index contributed by atoms with van der Waals surface area (Å²) in [6.07, 6.45) is 2.52. The maximum absolute atomic E-state index is 13.6. The summed E-state index contributed by atoms with van der Waals surface area (Å²) in [4.78, 5) is 22.0. The SMILES string of the molecule is O=C(/C=C/c1ccc(Br)cc1F)c1cccc([N+](=O)[O-])c1. The first kappa shape index (κ1) is 15.1. The van der Waals surface area contributed by atoms with Gasteiger partial charge in [0.25, 0.3) is 5.69 Å². The molecule has 0 spiro atoms. The molecule has 21 heavy (non-hydrogen) atoms. The summed E-state index contributed by atoms with van der Waals surface area (Å²) in [5.74, 6) is -0.895. The average Bonchev–Trinajstić information content (AvgIpc) is 2.46. The number of hydrogen-bond acceptors (Lipinski definition) is 3. The van der Waals surface area contributed by atoms with Crippen LogP contribution in [0.25, 0.3) is 6.08 Å². The molecule has 6 heteroatoms. The molecule has 0 N–H and O–H groups in total. The Morgan fingerprint density at radius 1 is 1.24 bits per heavy atom. The number of non-ortho nitro benzene ring substituents is 1. The number of benzene rings is 2. The predicted molar refractivity (Wildman–Crippen MR) is 80.6 cm³/mol. The van der Waals surface area contributed by atoms with E-state index in [1.807, 2.05) is 0 Å². The Labute approximate surface area is 128 Å². The summed E-state index contributed by atoms with van der Waals surface area (Å²) in [6, 6.07) is 9.85. The molecule has 2 aromatic rings. The van der Waals surface area contributed by atoms with E-state index in [1.165, 1.54) is 48.6 Å². The summed E-state index contributed by atoms with van der Waals surface area (Å²) in [7, 11) is 0. The van der Waals surface area contributed by atoms with Gasteiger partial charge < -0.3 is 0 Å². The zero-order chi connectivity index (χ0) is 15.4. The van der Waals surface area contributed by atoms with E-state index in [4.69, 9.17) is 0 Å². The predicted octanol–water partition coefficient (Wildman–Crippen LogP) is 4.39. The second-order valence-electron chi connectivity index (χ2n) is 4.17. The van der Waals surface area contributed by atoms with Crippen molar-refractivity contribution in [1.82, 2.24) is 0 Å². The molecule has 0 aliphatic carbocycles. The lowest BCUT2D eigenvalue weighted by Gasteiger charge is -1.98. The zero-order valence-electron chi connectivity index (χ0n) is 10.6. The quantitative estimate of drug-likeness (QED) is 0.356. The van der Waals surface area contributed by atoms with E-state index in [0.29, 0.717) is 4.47 Å². The van der Waals surface area contributed by atoms with Crippen LogP contribution in [0.3, 0.4) is 0 Å². The van der Waals surface area contributed by atoms with E-state index >= 15 is 0 Å². The molecule has 4 nitrogen and oxygen atoms in total. The number of carbonyl (C=O) groups excluding carboxylic acids is 1. The van der Waals surface area contributed by atoms with Crippen LogP contribution in [-0.4, -0.2) is 10.7 Å². The second-order valence-corrected chi connectivity index (χ2v) is 5.09. The van der Waals surface area contributed by atoms with Gasteiger partial charge in [-0.2, -0.15) is 0 Å². The van der Waals surface area contributed by atoms with Crippen molar-refractivity contribution in [3.05, 3.63) is 80.1 Å². The first-order chi connectivity index (χ1) is 9.97. The number of halogens is 2. The molecule has 0 bridgehead atoms. The van der Waals surface area contributed by atoms with Gasteiger partial charge in [0.05, 0.1) is 4.92 Å². The van der Waals surface area contributed by atoms with Crippen LogP contribution in [0.1, 0.15) is 15.9 Å². The maximum Gasteiger partial charge on any atom is 0.270 e. The van der Waals surface area contributed by atoms with Gasteiger partial charge in [-0.05, 0) is 24.3 Å². The van der Waals surface area contributed by atoms with E-state index in [0.717, 1.165) is 0 Å². The van der Waals surface area contributed by atoms with Gasteiger partial charge in [0.2, 0.25) is 0 Å². The van der Waals surface area contributed by atoms with E-state index in [2.05, 4.69) is 15.9 Å². The van der Waals surface area contributed by atoms with Crippen LogP contribution < -0.4 is 0 Å². The monoisotopic (exact) mass is 349 g/mol. The summed E-state index contributed by atoms with van der Waals surface area (Å²) in [6.45, 7) is 0. The molecule has 0 saturated heterocycles. The zero-order valence-corrected chi connectivity index (χ0v) is 12.2. The van der Waals surface area contributed by atoms with Crippen molar-refractivity contribution in [3.63, 3.8) is 0 Å². The summed E-state index contributed by atoms with van der Waals surface area (Å²) in [5.41, 5.74) is 0.277. The Morgan fingerprint density at radius 2 is 2.00 bits per heavy atom. The fraction of sp³-hybridized carbons (Fsp3) is 0. The minimum Gasteiger partial charge on any atom is -0.289 e. The molecule has 2 rings (SSSR count). The van der Waals surface area contributed by atoms with Gasteiger partial charge in [0.1, 0.15) is 5.82 Å². The van der Waals surface area contributed by atoms with Crippen molar-refractivity contribution in [1.29, 1.82) is 0 Å². The van der Waals surface area contributed by atoms with Crippen LogP contribution in [0.4, 0.5) is 10.1 Å². The summed E-state index contributed by atoms with van der Waals surface area (Å²) < 4.78 is 14.2. The summed E-state index contributed by atoms with van der Waals surface area (Å²) >= 11 is 3.14. The Kier molecular flexibility index (Phi) is 4.59. The van der Waals surface area contributed by atoms with Gasteiger partial charge in [-0.15, -0.1) is 0 Å². The minimum absolute atomic E-state index is 0.163. The maximum atomic E-state index is 13.6. The highest BCUT2D eigenvalue weighted by molar-refractivity contribution is 9.10. The number of nitro groups is 1. The van der Waals surface area contributed by atoms with E-state index in [-0.39, 0.29) is 16.8 Å². The minimum atomic E-state index is -0.575. The number of nitrogens with zero attached hydrogens (tertiary/aromatic N) is 1. The van der Waals surface area contributed by atoms with Crippen LogP contribution in [0, 0.1) is 15.9 Å². The van der Waals surface area contributed by atoms with Crippen molar-refractivity contribution < 1.29 is 14.1 Å². The highest BCUT2D eigenvalue weighted by atomic mass is 79.9. The topological polar surface area (TPSA) is 60.2 Å². The lowest BCUT2D eigenvalue weighted by Crippen LogP contribution is -1.96. The fourth-order valence-corrected chi connectivity index (χ4v) is 2.00. The number of allylic oxidation sites excluding steroid dienone is 1. The van der Waals surface area contributed by atoms with Crippen molar-refractivity contribution in [2.75, 3.05) is 0 Å². The molecule has 0 amide bonds. The standard InChI is InChI=1S/C15H9BrFNO3/c16-12-6-4-10(14(17)9-12)5-7-15(19)11-2-1-3-13(8-11)18(20)21/h1-9H/b7-5+. The lowest BCUT2D eigenvalue weighted by molar-refractivity contribution is -0.384. The van der Waals surface area contributed by atoms with Crippen LogP contribution in [0.2, 0.25) is 0 Å². The van der Waals surface area contributed by atoms with Gasteiger partial charge in [0.15, 0.2) is 5.78 Å². The number of ketones is 1. The number of hydrogen-bond donors (Lipinski definition) is 0. The van der Waals surface area contributed by atoms with Gasteiger partial charge >= 0.3 is 0 Å². The Morgan fingerprint density at radius 3 is 2.67 bits per heavy atom. The molecular weight excluding hydrogens is 341 g/mol. The first-order valence-electron chi connectivity index (χ1n) is 5.89. The molecule has 2 aromatic carbocycles. The Balaban J connectivity index is 2.23. The molecule has 0 heterocycles. The molecule has 0 aromatic heterocycles. The summed E-state index contributed by atoms with van der Waals surface area (Å²) in [5, 5.41) is 10.7. The third-order valence-corrected chi connectivity index (χ3v) is 3.21. The first-order valence-corrected chi connectivity index (χ1v) is 6.68. The van der Waals surface area contributed by atoms with Gasteiger partial charge in [-0.1, -0.05) is 34.1 Å². The fourth-order valence-electron chi connectivity index (χ4n) is 1.67. The Bertz CT molecular complexity index is 743. The van der Waals surface area contributed by atoms with Crippen molar-refractivity contribution in [2.24, 2.45) is 0 Å². The van der Waals surface area contributed by atoms with Crippen LogP contribution in [0.15, 0.2) is 53.0 Å². The van der Waals surface area contributed by atoms with Crippen LogP contribution in [-0.2, 0) is 0 Å². The van der Waals surface area contributed by atoms with E-state index in [1.54, 1.807) is 6.07 Å². The average molecular weight is 350 g/mol. The van der Waals surface area contributed by atoms with Crippen molar-refractivity contribution in [2.45, 2.75) is 0 Å². The number of nitro benzene ring substituents is 1. The molecule has 0 aliphatic heterocycles. The molecule has 0 fully saturated rings. The van der Waals surface area contributed by atoms with Gasteiger partial charge in [0, 0.05) is 27.7 Å². The Hall–Kier alpha value is -2.34. The lowest BCUT2D eigenvalue weighted by atomic mass is 10.1. The second kappa shape index (κ2) is 6.41. The largest absolute Gasteiger partial charge is 0.289 e. The molecule has 0 aliphatic rings. The highest BCUT2D eigenvalue weighted by Crippen LogP contribution is 2.18. The van der Waals surface area contributed by atoms with Crippen LogP contribution in [0.5, 0.6) is 0 Å². The molecular formula is C15H9BrFNO3. The van der Waals surface area contributed by atoms with Crippen LogP contribution >= 0.6 is 15.9 Å². The van der Waals surface area contributed by atoms with E-state index < -0.39 is 16.5 Å². The number of carbonyl (C=O) groups is 1.